The summed E-state index contributed by atoms with van der Waals surface area (Å²) in [7, 11) is 0. The highest BCUT2D eigenvalue weighted by Gasteiger charge is 2.29. The Balaban J connectivity index is 2.18. The standard InChI is InChI=1S/C13H10F3N3S/c14-13(15,16)8-1-3-9(4-2-8)19-10-5-6-18-11(7-10)12(17)20/h1-7H,(H2,17,20)(H,18,19). The summed E-state index contributed by atoms with van der Waals surface area (Å²) in [4.78, 5) is 4.13. The van der Waals surface area contributed by atoms with E-state index in [4.69, 9.17) is 18.0 Å². The fourth-order valence-corrected chi connectivity index (χ4v) is 1.66. The van der Waals surface area contributed by atoms with Gasteiger partial charge in [0.1, 0.15) is 4.99 Å². The maximum atomic E-state index is 12.4. The van der Waals surface area contributed by atoms with Gasteiger partial charge in [0.15, 0.2) is 0 Å². The van der Waals surface area contributed by atoms with E-state index in [-0.39, 0.29) is 4.99 Å². The van der Waals surface area contributed by atoms with E-state index in [0.29, 0.717) is 17.1 Å². The van der Waals surface area contributed by atoms with E-state index >= 15 is 0 Å². The molecule has 3 nitrogen and oxygen atoms in total. The summed E-state index contributed by atoms with van der Waals surface area (Å²) in [5, 5.41) is 2.96. The van der Waals surface area contributed by atoms with Gasteiger partial charge in [0.05, 0.1) is 11.3 Å². The average Bonchev–Trinajstić information content (AvgIpc) is 2.38. The Morgan fingerprint density at radius 3 is 2.30 bits per heavy atom. The largest absolute Gasteiger partial charge is 0.416 e. The molecular formula is C13H10F3N3S. The Morgan fingerprint density at radius 1 is 1.10 bits per heavy atom. The Bertz CT molecular complexity index is 624. The number of nitrogens with one attached hydrogen (secondary N) is 1. The molecule has 0 unspecified atom stereocenters. The molecule has 1 aromatic heterocycles. The molecule has 0 spiro atoms. The van der Waals surface area contributed by atoms with Crippen molar-refractivity contribution in [3.63, 3.8) is 0 Å². The molecule has 3 N–H and O–H groups in total. The molecular weight excluding hydrogens is 287 g/mol. The molecule has 0 saturated carbocycles. The van der Waals surface area contributed by atoms with E-state index in [0.717, 1.165) is 12.1 Å². The monoisotopic (exact) mass is 297 g/mol. The minimum atomic E-state index is -4.34. The Kier molecular flexibility index (Phi) is 3.89. The summed E-state index contributed by atoms with van der Waals surface area (Å²) in [5.41, 5.74) is 6.38. The molecule has 0 aliphatic carbocycles. The number of hydrogen-bond acceptors (Lipinski definition) is 3. The summed E-state index contributed by atoms with van der Waals surface area (Å²) in [5.74, 6) is 0. The lowest BCUT2D eigenvalue weighted by atomic mass is 10.2. The number of alkyl halides is 3. The van der Waals surface area contributed by atoms with Crippen LogP contribution in [0.5, 0.6) is 0 Å². The number of benzene rings is 1. The van der Waals surface area contributed by atoms with Gasteiger partial charge in [-0.1, -0.05) is 12.2 Å². The molecule has 0 amide bonds. The molecule has 0 radical (unpaired) electrons. The maximum Gasteiger partial charge on any atom is 0.416 e. The fraction of sp³-hybridized carbons (Fsp3) is 0.0769. The summed E-state index contributed by atoms with van der Waals surface area (Å²) in [6.07, 6.45) is -2.82. The van der Waals surface area contributed by atoms with Gasteiger partial charge in [-0.15, -0.1) is 0 Å². The topological polar surface area (TPSA) is 50.9 Å². The number of rotatable bonds is 3. The van der Waals surface area contributed by atoms with Gasteiger partial charge in [-0.25, -0.2) is 0 Å². The van der Waals surface area contributed by atoms with Crippen LogP contribution in [0.1, 0.15) is 11.3 Å². The van der Waals surface area contributed by atoms with Crippen LogP contribution in [0.2, 0.25) is 0 Å². The molecule has 0 bridgehead atoms. The predicted molar refractivity (Wildman–Crippen MR) is 74.9 cm³/mol. The minimum Gasteiger partial charge on any atom is -0.388 e. The molecule has 2 rings (SSSR count). The van der Waals surface area contributed by atoms with Crippen LogP contribution in [-0.2, 0) is 6.18 Å². The number of nitrogens with two attached hydrogens (primary N) is 1. The van der Waals surface area contributed by atoms with Crippen molar-refractivity contribution in [2.75, 3.05) is 5.32 Å². The second-order valence-electron chi connectivity index (χ2n) is 3.99. The predicted octanol–water partition coefficient (Wildman–Crippen LogP) is 3.48. The molecule has 0 atom stereocenters. The molecule has 104 valence electrons. The molecule has 1 aromatic carbocycles. The van der Waals surface area contributed by atoms with Gasteiger partial charge < -0.3 is 11.1 Å². The maximum absolute atomic E-state index is 12.4. The van der Waals surface area contributed by atoms with Crippen LogP contribution in [-0.4, -0.2) is 9.97 Å². The Hall–Kier alpha value is -2.15. The van der Waals surface area contributed by atoms with Gasteiger partial charge in [0.25, 0.3) is 0 Å². The highest BCUT2D eigenvalue weighted by atomic mass is 32.1. The van der Waals surface area contributed by atoms with E-state index in [1.165, 1.54) is 18.3 Å². The van der Waals surface area contributed by atoms with Crippen LogP contribution in [0.3, 0.4) is 0 Å². The number of aromatic nitrogens is 1. The normalized spacial score (nSPS) is 11.2. The molecule has 1 heterocycles. The Labute approximate surface area is 118 Å². The van der Waals surface area contributed by atoms with Crippen molar-refractivity contribution in [2.45, 2.75) is 6.18 Å². The smallest absolute Gasteiger partial charge is 0.388 e. The highest BCUT2D eigenvalue weighted by Crippen LogP contribution is 2.30. The van der Waals surface area contributed by atoms with Crippen molar-refractivity contribution in [3.8, 4) is 0 Å². The lowest BCUT2D eigenvalue weighted by molar-refractivity contribution is -0.137. The van der Waals surface area contributed by atoms with Crippen LogP contribution in [0, 0.1) is 0 Å². The summed E-state index contributed by atoms with van der Waals surface area (Å²) in [6, 6.07) is 8.02. The van der Waals surface area contributed by atoms with Crippen LogP contribution in [0.25, 0.3) is 0 Å². The lowest BCUT2D eigenvalue weighted by Crippen LogP contribution is -2.11. The first kappa shape index (κ1) is 14.3. The van der Waals surface area contributed by atoms with Crippen molar-refractivity contribution in [1.82, 2.24) is 4.98 Å². The van der Waals surface area contributed by atoms with Crippen LogP contribution in [0.4, 0.5) is 24.5 Å². The average molecular weight is 297 g/mol. The molecule has 0 aliphatic rings. The van der Waals surface area contributed by atoms with Crippen molar-refractivity contribution in [3.05, 3.63) is 53.9 Å². The Morgan fingerprint density at radius 2 is 1.75 bits per heavy atom. The van der Waals surface area contributed by atoms with Gasteiger partial charge in [-0.2, -0.15) is 13.2 Å². The SMILES string of the molecule is NC(=S)c1cc(Nc2ccc(C(F)(F)F)cc2)ccn1. The van der Waals surface area contributed by atoms with Crippen molar-refractivity contribution < 1.29 is 13.2 Å². The number of thiocarbonyl (C=S) groups is 1. The second kappa shape index (κ2) is 5.46. The fourth-order valence-electron chi connectivity index (χ4n) is 1.55. The molecule has 2 aromatic rings. The van der Waals surface area contributed by atoms with E-state index < -0.39 is 11.7 Å². The summed E-state index contributed by atoms with van der Waals surface area (Å²) in [6.45, 7) is 0. The van der Waals surface area contributed by atoms with Crippen molar-refractivity contribution in [2.24, 2.45) is 5.73 Å². The van der Waals surface area contributed by atoms with Gasteiger partial charge in [0.2, 0.25) is 0 Å². The van der Waals surface area contributed by atoms with E-state index in [1.807, 2.05) is 0 Å². The van der Waals surface area contributed by atoms with Crippen molar-refractivity contribution in [1.29, 1.82) is 0 Å². The van der Waals surface area contributed by atoms with Gasteiger partial charge in [0, 0.05) is 17.6 Å². The van der Waals surface area contributed by atoms with E-state index in [9.17, 15) is 13.2 Å². The van der Waals surface area contributed by atoms with Crippen LogP contribution in [0.15, 0.2) is 42.6 Å². The number of hydrogen-bond donors (Lipinski definition) is 2. The molecule has 0 aliphatic heterocycles. The second-order valence-corrected chi connectivity index (χ2v) is 4.43. The molecule has 0 fully saturated rings. The summed E-state index contributed by atoms with van der Waals surface area (Å²) >= 11 is 4.81. The quantitative estimate of drug-likeness (QED) is 0.852. The van der Waals surface area contributed by atoms with Gasteiger partial charge >= 0.3 is 6.18 Å². The first-order valence-electron chi connectivity index (χ1n) is 5.56. The number of anilines is 2. The lowest BCUT2D eigenvalue weighted by Gasteiger charge is -2.10. The third-order valence-electron chi connectivity index (χ3n) is 2.51. The zero-order valence-corrected chi connectivity index (χ0v) is 10.9. The third-order valence-corrected chi connectivity index (χ3v) is 2.72. The third kappa shape index (κ3) is 3.45. The first-order valence-corrected chi connectivity index (χ1v) is 5.97. The van der Waals surface area contributed by atoms with E-state index in [1.54, 1.807) is 12.1 Å². The molecule has 0 saturated heterocycles. The molecule has 20 heavy (non-hydrogen) atoms. The van der Waals surface area contributed by atoms with Gasteiger partial charge in [-0.05, 0) is 36.4 Å². The number of halogens is 3. The minimum absolute atomic E-state index is 0.154. The zero-order valence-electron chi connectivity index (χ0n) is 10.1. The number of nitrogens with zero attached hydrogens (tertiary/aromatic N) is 1. The van der Waals surface area contributed by atoms with E-state index in [2.05, 4.69) is 10.3 Å². The highest BCUT2D eigenvalue weighted by molar-refractivity contribution is 7.80. The van der Waals surface area contributed by atoms with Crippen LogP contribution >= 0.6 is 12.2 Å². The summed E-state index contributed by atoms with van der Waals surface area (Å²) < 4.78 is 37.3. The first-order chi connectivity index (χ1) is 9.36. The zero-order chi connectivity index (χ0) is 14.8. The van der Waals surface area contributed by atoms with Gasteiger partial charge in [-0.3, -0.25) is 4.98 Å². The van der Waals surface area contributed by atoms with Crippen molar-refractivity contribution >= 4 is 28.6 Å². The number of pyridine rings is 1. The molecule has 7 heteroatoms. The van der Waals surface area contributed by atoms with Crippen LogP contribution < -0.4 is 11.1 Å².